The van der Waals surface area contributed by atoms with Gasteiger partial charge in [0, 0.05) is 25.4 Å². The van der Waals surface area contributed by atoms with Gasteiger partial charge in [-0.25, -0.2) is 4.98 Å². The van der Waals surface area contributed by atoms with Gasteiger partial charge in [0.2, 0.25) is 0 Å². The Labute approximate surface area is 206 Å². The van der Waals surface area contributed by atoms with Crippen molar-refractivity contribution in [3.05, 3.63) is 89.0 Å². The molecule has 34 heavy (non-hydrogen) atoms. The largest absolute Gasteiger partial charge is 0.413 e. The molecule has 182 valence electrons. The number of hydrogen-bond acceptors (Lipinski definition) is 3. The molecule has 0 radical (unpaired) electrons. The summed E-state index contributed by atoms with van der Waals surface area (Å²) in [5, 5.41) is 9.44. The van der Waals surface area contributed by atoms with Gasteiger partial charge in [0.15, 0.2) is 8.32 Å². The van der Waals surface area contributed by atoms with Crippen LogP contribution in [0.5, 0.6) is 0 Å². The molecule has 0 atom stereocenters. The van der Waals surface area contributed by atoms with E-state index in [0.717, 1.165) is 19.0 Å². The lowest BCUT2D eigenvalue weighted by Gasteiger charge is -2.37. The summed E-state index contributed by atoms with van der Waals surface area (Å²) >= 11 is 0. The Kier molecular flexibility index (Phi) is 7.46. The Morgan fingerprint density at radius 1 is 0.941 bits per heavy atom. The summed E-state index contributed by atoms with van der Waals surface area (Å²) in [7, 11) is -1.71. The molecule has 0 saturated heterocycles. The number of imidazole rings is 1. The van der Waals surface area contributed by atoms with Gasteiger partial charge in [-0.15, -0.1) is 0 Å². The van der Waals surface area contributed by atoms with Crippen LogP contribution in [0.2, 0.25) is 18.1 Å². The fourth-order valence-corrected chi connectivity index (χ4v) is 5.39. The summed E-state index contributed by atoms with van der Waals surface area (Å²) in [5.41, 5.74) is 5.45. The van der Waals surface area contributed by atoms with Gasteiger partial charge in [-0.1, -0.05) is 69.3 Å². The summed E-state index contributed by atoms with van der Waals surface area (Å²) in [6.07, 6.45) is 6.84. The third-order valence-electron chi connectivity index (χ3n) is 7.94. The van der Waals surface area contributed by atoms with Crippen molar-refractivity contribution in [1.29, 1.82) is 0 Å². The fraction of sp³-hybridized carbons (Fsp3) is 0.483. The minimum Gasteiger partial charge on any atom is -0.413 e. The van der Waals surface area contributed by atoms with Crippen molar-refractivity contribution in [3.8, 4) is 0 Å². The molecule has 1 fully saturated rings. The number of rotatable bonds is 9. The summed E-state index contributed by atoms with van der Waals surface area (Å²) in [6, 6.07) is 18.2. The Hall–Kier alpha value is -2.21. The van der Waals surface area contributed by atoms with Crippen molar-refractivity contribution >= 4 is 8.32 Å². The molecule has 3 aromatic rings. The predicted octanol–water partition coefficient (Wildman–Crippen LogP) is 6.65. The van der Waals surface area contributed by atoms with Crippen molar-refractivity contribution in [2.24, 2.45) is 0 Å². The SMILES string of the molecule is CC(C)(C)[Si](C)(C)OCc1ccc(C2CC(c3ccc(Cn4ccnc4CCO)cc3)C2)cc1. The minimum absolute atomic E-state index is 0.131. The molecular weight excluding hydrogens is 436 g/mol. The van der Waals surface area contributed by atoms with Gasteiger partial charge in [0.05, 0.1) is 13.2 Å². The molecule has 0 aliphatic heterocycles. The molecule has 5 heteroatoms. The molecule has 1 N–H and O–H groups in total. The Morgan fingerprint density at radius 3 is 2.03 bits per heavy atom. The summed E-state index contributed by atoms with van der Waals surface area (Å²) in [6.45, 7) is 13.1. The van der Waals surface area contributed by atoms with E-state index in [1.54, 1.807) is 0 Å². The molecule has 0 amide bonds. The highest BCUT2D eigenvalue weighted by molar-refractivity contribution is 6.74. The van der Waals surface area contributed by atoms with E-state index in [1.807, 2.05) is 12.4 Å². The minimum atomic E-state index is -1.71. The summed E-state index contributed by atoms with van der Waals surface area (Å²) in [5.74, 6) is 2.25. The van der Waals surface area contributed by atoms with Crippen LogP contribution in [-0.4, -0.2) is 29.6 Å². The zero-order valence-corrected chi connectivity index (χ0v) is 22.4. The van der Waals surface area contributed by atoms with Gasteiger partial charge < -0.3 is 14.1 Å². The Bertz CT molecular complexity index is 1060. The van der Waals surface area contributed by atoms with Gasteiger partial charge in [0.1, 0.15) is 5.82 Å². The predicted molar refractivity (Wildman–Crippen MR) is 142 cm³/mol. The first-order chi connectivity index (χ1) is 16.2. The molecule has 2 aromatic carbocycles. The Balaban J connectivity index is 1.28. The molecular formula is C29H40N2O2Si. The van der Waals surface area contributed by atoms with Gasteiger partial charge in [-0.2, -0.15) is 0 Å². The van der Waals surface area contributed by atoms with Gasteiger partial charge in [-0.05, 0) is 65.1 Å². The summed E-state index contributed by atoms with van der Waals surface area (Å²) < 4.78 is 8.50. The van der Waals surface area contributed by atoms with Crippen LogP contribution in [-0.2, 0) is 24.0 Å². The van der Waals surface area contributed by atoms with Crippen LogP contribution in [0.4, 0.5) is 0 Å². The number of hydrogen-bond donors (Lipinski definition) is 1. The lowest BCUT2D eigenvalue weighted by molar-refractivity contribution is 0.276. The lowest BCUT2D eigenvalue weighted by Crippen LogP contribution is -2.40. The van der Waals surface area contributed by atoms with E-state index in [0.29, 0.717) is 18.3 Å². The highest BCUT2D eigenvalue weighted by Crippen LogP contribution is 2.47. The second-order valence-electron chi connectivity index (χ2n) is 11.3. The molecule has 4 rings (SSSR count). The summed E-state index contributed by atoms with van der Waals surface area (Å²) in [4.78, 5) is 4.34. The molecule has 1 aliphatic rings. The van der Waals surface area contributed by atoms with Crippen molar-refractivity contribution in [2.45, 2.75) is 83.2 Å². The van der Waals surface area contributed by atoms with E-state index < -0.39 is 8.32 Å². The molecule has 1 aromatic heterocycles. The normalized spacial score (nSPS) is 18.6. The van der Waals surface area contributed by atoms with Crippen LogP contribution in [0.25, 0.3) is 0 Å². The number of aliphatic hydroxyl groups excluding tert-OH is 1. The quantitative estimate of drug-likeness (QED) is 0.352. The second kappa shape index (κ2) is 10.2. The third-order valence-corrected chi connectivity index (χ3v) is 12.4. The third kappa shape index (κ3) is 5.70. The monoisotopic (exact) mass is 476 g/mol. The van der Waals surface area contributed by atoms with Crippen LogP contribution in [0.1, 0.15) is 73.5 Å². The molecule has 0 unspecified atom stereocenters. The maximum atomic E-state index is 9.20. The van der Waals surface area contributed by atoms with Gasteiger partial charge in [0.25, 0.3) is 0 Å². The van der Waals surface area contributed by atoms with E-state index in [9.17, 15) is 5.11 Å². The van der Waals surface area contributed by atoms with E-state index in [-0.39, 0.29) is 11.6 Å². The van der Waals surface area contributed by atoms with Gasteiger partial charge in [-0.3, -0.25) is 0 Å². The fourth-order valence-electron chi connectivity index (χ4n) is 4.43. The Morgan fingerprint density at radius 2 is 1.50 bits per heavy atom. The van der Waals surface area contributed by atoms with Gasteiger partial charge >= 0.3 is 0 Å². The zero-order valence-electron chi connectivity index (χ0n) is 21.4. The van der Waals surface area contributed by atoms with E-state index >= 15 is 0 Å². The average Bonchev–Trinajstić information content (AvgIpc) is 3.19. The van der Waals surface area contributed by atoms with Crippen LogP contribution in [0.15, 0.2) is 60.9 Å². The highest BCUT2D eigenvalue weighted by atomic mass is 28.4. The van der Waals surface area contributed by atoms with E-state index in [4.69, 9.17) is 4.43 Å². The van der Waals surface area contributed by atoms with Crippen LogP contribution >= 0.6 is 0 Å². The first kappa shape index (κ1) is 24.9. The first-order valence-electron chi connectivity index (χ1n) is 12.6. The molecule has 1 saturated carbocycles. The van der Waals surface area contributed by atoms with E-state index in [1.165, 1.54) is 35.1 Å². The molecule has 1 aliphatic carbocycles. The van der Waals surface area contributed by atoms with Crippen LogP contribution in [0.3, 0.4) is 0 Å². The lowest BCUT2D eigenvalue weighted by atomic mass is 9.68. The standard InChI is InChI=1S/C29H40N2O2Si/c1-29(2,3)34(4,5)33-21-23-8-12-25(13-9-23)27-18-26(19-27)24-10-6-22(7-11-24)20-31-16-15-30-28(31)14-17-32/h6-13,15-16,26-27,32H,14,17-21H2,1-5H3. The molecule has 1 heterocycles. The number of benzene rings is 2. The van der Waals surface area contributed by atoms with Crippen LogP contribution < -0.4 is 0 Å². The second-order valence-corrected chi connectivity index (χ2v) is 16.2. The molecule has 0 bridgehead atoms. The average molecular weight is 477 g/mol. The van der Waals surface area contributed by atoms with Crippen molar-refractivity contribution in [2.75, 3.05) is 6.61 Å². The zero-order chi connectivity index (χ0) is 24.3. The maximum absolute atomic E-state index is 9.20. The van der Waals surface area contributed by atoms with Crippen molar-refractivity contribution in [3.63, 3.8) is 0 Å². The number of aromatic nitrogens is 2. The van der Waals surface area contributed by atoms with E-state index in [2.05, 4.69) is 91.9 Å². The topological polar surface area (TPSA) is 47.3 Å². The smallest absolute Gasteiger partial charge is 0.192 e. The van der Waals surface area contributed by atoms with Crippen molar-refractivity contribution in [1.82, 2.24) is 9.55 Å². The maximum Gasteiger partial charge on any atom is 0.192 e. The van der Waals surface area contributed by atoms with Crippen LogP contribution in [0, 0.1) is 0 Å². The molecule has 4 nitrogen and oxygen atoms in total. The van der Waals surface area contributed by atoms with Crippen molar-refractivity contribution < 1.29 is 9.53 Å². The highest BCUT2D eigenvalue weighted by Gasteiger charge is 2.37. The number of nitrogens with zero attached hydrogens (tertiary/aromatic N) is 2. The molecule has 0 spiro atoms. The number of aliphatic hydroxyl groups is 1. The first-order valence-corrected chi connectivity index (χ1v) is 15.5.